The minimum atomic E-state index is -2.02. The Balaban J connectivity index is 2.14. The van der Waals surface area contributed by atoms with Crippen LogP contribution >= 0.6 is 22.6 Å². The predicted octanol–water partition coefficient (Wildman–Crippen LogP) is 8.71. The number of hydrogen-bond donors (Lipinski definition) is 1. The minimum Gasteiger partial charge on any atom is -0.491 e. The fourth-order valence-corrected chi connectivity index (χ4v) is 7.24. The van der Waals surface area contributed by atoms with Crippen molar-refractivity contribution in [1.29, 1.82) is 0 Å². The molecule has 1 N–H and O–H groups in total. The zero-order valence-electron chi connectivity index (χ0n) is 24.1. The number of hydrogen-bond acceptors (Lipinski definition) is 4. The van der Waals surface area contributed by atoms with Crippen molar-refractivity contribution in [3.63, 3.8) is 0 Å². The van der Waals surface area contributed by atoms with Gasteiger partial charge in [-0.25, -0.2) is 0 Å². The number of halogens is 1. The lowest BCUT2D eigenvalue weighted by Crippen LogP contribution is -2.44. The van der Waals surface area contributed by atoms with Crippen LogP contribution in [-0.4, -0.2) is 24.5 Å². The summed E-state index contributed by atoms with van der Waals surface area (Å²) < 4.78 is 14.0. The molecule has 200 valence electrons. The van der Waals surface area contributed by atoms with E-state index in [9.17, 15) is 5.11 Å². The molecule has 0 aliphatic heterocycles. The lowest BCUT2D eigenvalue weighted by Gasteiger charge is -2.44. The van der Waals surface area contributed by atoms with Crippen LogP contribution in [0.5, 0.6) is 5.75 Å². The van der Waals surface area contributed by atoms with Gasteiger partial charge in [0.2, 0.25) is 0 Å². The van der Waals surface area contributed by atoms with Gasteiger partial charge in [0.05, 0.1) is 17.9 Å². The maximum atomic E-state index is 11.7. The molecule has 0 amide bonds. The second-order valence-electron chi connectivity index (χ2n) is 13.3. The Hall–Kier alpha value is -0.963. The highest BCUT2D eigenvalue weighted by molar-refractivity contribution is 14.1. The van der Waals surface area contributed by atoms with E-state index in [1.807, 2.05) is 38.1 Å². The molecule has 36 heavy (non-hydrogen) atoms. The summed E-state index contributed by atoms with van der Waals surface area (Å²) in [6.45, 7) is 24.5. The number of fused-ring (bicyclic) bond motifs is 1. The summed E-state index contributed by atoms with van der Waals surface area (Å²) in [5, 5.41) is 11.8. The average Bonchev–Trinajstić information content (AvgIpc) is 2.70. The van der Waals surface area contributed by atoms with E-state index in [1.54, 1.807) is 0 Å². The van der Waals surface area contributed by atoms with Gasteiger partial charge in [0.15, 0.2) is 8.32 Å². The molecule has 0 saturated carbocycles. The zero-order valence-corrected chi connectivity index (χ0v) is 27.3. The van der Waals surface area contributed by atoms with Crippen LogP contribution in [0.15, 0.2) is 24.3 Å². The Morgan fingerprint density at radius 1 is 1.08 bits per heavy atom. The fourth-order valence-electron chi connectivity index (χ4n) is 4.74. The number of aliphatic hydroxyl groups excluding tert-OH is 1. The van der Waals surface area contributed by atoms with Crippen molar-refractivity contribution in [1.82, 2.24) is 4.98 Å². The van der Waals surface area contributed by atoms with Gasteiger partial charge in [-0.3, -0.25) is 4.98 Å². The number of nitrogens with zero attached hydrogens (tertiary/aromatic N) is 1. The van der Waals surface area contributed by atoms with E-state index in [-0.39, 0.29) is 28.6 Å². The summed E-state index contributed by atoms with van der Waals surface area (Å²) >= 11 is 2.46. The van der Waals surface area contributed by atoms with Gasteiger partial charge in [0.25, 0.3) is 0 Å². The van der Waals surface area contributed by atoms with Gasteiger partial charge < -0.3 is 14.3 Å². The highest BCUT2D eigenvalue weighted by Gasteiger charge is 2.44. The van der Waals surface area contributed by atoms with E-state index < -0.39 is 14.4 Å². The molecular weight excluding hydrogens is 577 g/mol. The molecule has 0 saturated heterocycles. The molecule has 2 aromatic rings. The molecule has 1 aliphatic rings. The first-order valence-electron chi connectivity index (χ1n) is 13.3. The smallest absolute Gasteiger partial charge is 0.192 e. The van der Waals surface area contributed by atoms with Gasteiger partial charge in [-0.15, -0.1) is 0 Å². The molecule has 0 spiro atoms. The third-order valence-corrected chi connectivity index (χ3v) is 13.3. The molecule has 1 aromatic carbocycles. The third kappa shape index (κ3) is 6.36. The van der Waals surface area contributed by atoms with Crippen LogP contribution in [-0.2, 0) is 10.8 Å². The summed E-state index contributed by atoms with van der Waals surface area (Å²) in [6, 6.07) is 7.82. The number of aliphatic hydroxyl groups is 1. The van der Waals surface area contributed by atoms with E-state index in [1.165, 1.54) is 5.56 Å². The van der Waals surface area contributed by atoms with Gasteiger partial charge in [-0.2, -0.15) is 0 Å². The first-order valence-corrected chi connectivity index (χ1v) is 17.3. The van der Waals surface area contributed by atoms with Crippen LogP contribution < -0.4 is 4.74 Å². The van der Waals surface area contributed by atoms with Crippen LogP contribution in [0.25, 0.3) is 0 Å². The molecular formula is C30H46INO3Si. The Morgan fingerprint density at radius 2 is 1.67 bits per heavy atom. The molecule has 4 nitrogen and oxygen atoms in total. The van der Waals surface area contributed by atoms with E-state index in [2.05, 4.69) is 84.2 Å². The van der Waals surface area contributed by atoms with Crippen molar-refractivity contribution < 1.29 is 14.3 Å². The maximum absolute atomic E-state index is 11.7. The average molecular weight is 624 g/mol. The number of aromatic nitrogens is 1. The monoisotopic (exact) mass is 623 g/mol. The van der Waals surface area contributed by atoms with Crippen molar-refractivity contribution in [2.45, 2.75) is 118 Å². The predicted molar refractivity (Wildman–Crippen MR) is 160 cm³/mol. The van der Waals surface area contributed by atoms with Crippen LogP contribution in [0.2, 0.25) is 18.1 Å². The molecule has 0 radical (unpaired) electrons. The fraction of sp³-hybridized carbons (Fsp3) is 0.633. The maximum Gasteiger partial charge on any atom is 0.192 e. The second kappa shape index (κ2) is 10.7. The van der Waals surface area contributed by atoms with Crippen LogP contribution in [0, 0.1) is 8.99 Å². The molecule has 3 rings (SSSR count). The second-order valence-corrected chi connectivity index (χ2v) is 19.1. The quantitative estimate of drug-likeness (QED) is 0.248. The summed E-state index contributed by atoms with van der Waals surface area (Å²) in [7, 11) is -2.02. The summed E-state index contributed by atoms with van der Waals surface area (Å²) in [6.07, 6.45) is 1.22. The summed E-state index contributed by atoms with van der Waals surface area (Å²) in [4.78, 5) is 5.26. The zero-order chi connectivity index (χ0) is 27.2. The van der Waals surface area contributed by atoms with Gasteiger partial charge in [-0.1, -0.05) is 60.6 Å². The van der Waals surface area contributed by atoms with Gasteiger partial charge in [-0.05, 0) is 96.4 Å². The molecule has 1 aliphatic carbocycles. The number of ether oxygens (including phenoxy) is 1. The summed E-state index contributed by atoms with van der Waals surface area (Å²) in [5.74, 6) is 1.01. The number of pyridine rings is 1. The lowest BCUT2D eigenvalue weighted by atomic mass is 9.74. The van der Waals surface area contributed by atoms with Crippen molar-refractivity contribution in [2.24, 2.45) is 5.41 Å². The Labute approximate surface area is 233 Å². The van der Waals surface area contributed by atoms with E-state index in [4.69, 9.17) is 14.1 Å². The summed E-state index contributed by atoms with van der Waals surface area (Å²) in [5.41, 5.74) is 5.20. The first kappa shape index (κ1) is 29.6. The number of benzene rings is 1. The largest absolute Gasteiger partial charge is 0.491 e. The molecule has 1 heterocycles. The normalized spacial score (nSPS) is 18.9. The van der Waals surface area contributed by atoms with Gasteiger partial charge in [0, 0.05) is 20.4 Å². The molecule has 0 bridgehead atoms. The Morgan fingerprint density at radius 3 is 2.17 bits per heavy atom. The van der Waals surface area contributed by atoms with Crippen molar-refractivity contribution in [3.05, 3.63) is 55.9 Å². The minimum absolute atomic E-state index is 0.0157. The molecule has 6 heteroatoms. The highest BCUT2D eigenvalue weighted by Crippen LogP contribution is 2.50. The molecule has 0 fully saturated rings. The van der Waals surface area contributed by atoms with E-state index in [0.29, 0.717) is 0 Å². The number of rotatable bonds is 7. The van der Waals surface area contributed by atoms with E-state index in [0.717, 1.165) is 44.7 Å². The van der Waals surface area contributed by atoms with E-state index >= 15 is 0 Å². The van der Waals surface area contributed by atoms with Gasteiger partial charge in [0.1, 0.15) is 11.9 Å². The van der Waals surface area contributed by atoms with Crippen molar-refractivity contribution in [2.75, 3.05) is 0 Å². The topological polar surface area (TPSA) is 51.6 Å². The molecule has 2 atom stereocenters. The van der Waals surface area contributed by atoms with Crippen LogP contribution in [0.3, 0.4) is 0 Å². The molecule has 1 unspecified atom stereocenters. The Bertz CT molecular complexity index is 1070. The van der Waals surface area contributed by atoms with Crippen molar-refractivity contribution >= 4 is 30.9 Å². The molecule has 1 aromatic heterocycles. The van der Waals surface area contributed by atoms with Gasteiger partial charge >= 0.3 is 0 Å². The van der Waals surface area contributed by atoms with Crippen molar-refractivity contribution in [3.8, 4) is 5.75 Å². The first-order chi connectivity index (χ1) is 16.4. The SMILES string of the molecule is CC(C)Oc1ccc([C@@H](O)c2c(C(C)C)nc3c(c2I)C(O[Si](C)(C)C(C)(C)C)CC(C)(C)C3)cc1. The lowest BCUT2D eigenvalue weighted by molar-refractivity contribution is 0.104. The standard InChI is InChI=1S/C30H46INO3Si/c1-18(2)27-25(28(33)20-12-14-21(15-13-20)34-19(3)4)26(31)24-22(32-27)16-30(8,9)17-23(24)35-36(10,11)29(5,6)7/h12-15,18-19,23,28,33H,16-17H2,1-11H3/t23?,28-/m1/s1. The highest BCUT2D eigenvalue weighted by atomic mass is 127. The van der Waals surface area contributed by atoms with Crippen LogP contribution in [0.4, 0.5) is 0 Å². The van der Waals surface area contributed by atoms with Crippen LogP contribution in [0.1, 0.15) is 115 Å². The Kier molecular flexibility index (Phi) is 8.76. The third-order valence-electron chi connectivity index (χ3n) is 7.65.